The number of carbonyl (C=O) groups excluding carboxylic acids is 1. The summed E-state index contributed by atoms with van der Waals surface area (Å²) in [5, 5.41) is -0.164. The first-order valence-electron chi connectivity index (χ1n) is 12.6. The average molecular weight is 495 g/mol. The summed E-state index contributed by atoms with van der Waals surface area (Å²) in [4.78, 5) is 34.3. The van der Waals surface area contributed by atoms with Crippen LogP contribution in [0.3, 0.4) is 0 Å². The Balaban J connectivity index is 1.88. The van der Waals surface area contributed by atoms with Crippen molar-refractivity contribution in [3.8, 4) is 0 Å². The van der Waals surface area contributed by atoms with Gasteiger partial charge in [0.25, 0.3) is 0 Å². The number of methoxy groups -OCH3 is 1. The van der Waals surface area contributed by atoms with Crippen LogP contribution in [-0.2, 0) is 14.3 Å². The van der Waals surface area contributed by atoms with E-state index in [2.05, 4.69) is 33.8 Å². The van der Waals surface area contributed by atoms with Gasteiger partial charge in [-0.15, -0.1) is 0 Å². The first kappa shape index (κ1) is 26.9. The largest absolute Gasteiger partial charge is 0.466 e. The molecule has 6 atom stereocenters. The summed E-state index contributed by atoms with van der Waals surface area (Å²) in [6.07, 6.45) is 9.93. The Labute approximate surface area is 202 Å². The summed E-state index contributed by atoms with van der Waals surface area (Å²) in [6, 6.07) is 0. The summed E-state index contributed by atoms with van der Waals surface area (Å²) >= 11 is 0. The van der Waals surface area contributed by atoms with Gasteiger partial charge in [0, 0.05) is 5.92 Å². The maximum atomic E-state index is 12.4. The number of ether oxygens (including phenoxy) is 2. The van der Waals surface area contributed by atoms with Gasteiger partial charge in [-0.3, -0.25) is 0 Å². The molecular formula is C26H46O5Si2. The first-order valence-corrected chi connectivity index (χ1v) is 18.5. The van der Waals surface area contributed by atoms with Crippen molar-refractivity contribution in [2.75, 3.05) is 7.11 Å². The lowest BCUT2D eigenvalue weighted by molar-refractivity contribution is -0.137. The molecule has 0 amide bonds. The molecule has 3 aliphatic rings. The molecule has 2 unspecified atom stereocenters. The zero-order chi connectivity index (χ0) is 25.0. The summed E-state index contributed by atoms with van der Waals surface area (Å²) in [5.74, 6) is 1.14. The number of allylic oxidation sites excluding steroid dienone is 2. The molecule has 0 spiro atoms. The number of hydrogen-bond acceptors (Lipinski definition) is 5. The van der Waals surface area contributed by atoms with Crippen LogP contribution in [0, 0.1) is 23.7 Å². The van der Waals surface area contributed by atoms with E-state index in [1.807, 2.05) is 38.3 Å². The van der Waals surface area contributed by atoms with Crippen LogP contribution in [0.1, 0.15) is 53.4 Å². The molecule has 0 bridgehead atoms. The molecule has 3 rings (SSSR count). The van der Waals surface area contributed by atoms with Crippen molar-refractivity contribution in [3.05, 3.63) is 23.8 Å². The van der Waals surface area contributed by atoms with Gasteiger partial charge in [-0.2, -0.15) is 0 Å². The van der Waals surface area contributed by atoms with E-state index in [1.54, 1.807) is 0 Å². The molecule has 1 saturated carbocycles. The van der Waals surface area contributed by atoms with Crippen molar-refractivity contribution in [1.82, 2.24) is 0 Å². The maximum Gasteiger partial charge on any atom is 0.336 e. The molecule has 2 N–H and O–H groups in total. The van der Waals surface area contributed by atoms with Crippen molar-refractivity contribution in [2.24, 2.45) is 23.7 Å². The van der Waals surface area contributed by atoms with Crippen molar-refractivity contribution in [2.45, 2.75) is 102 Å². The lowest BCUT2D eigenvalue weighted by atomic mass is 9.73. The van der Waals surface area contributed by atoms with Crippen LogP contribution in [0.25, 0.3) is 0 Å². The SMILES string of the molecule is COC(=O)C1=CC=CC2C1O[C@H]1C[C@@H](CC(C)(C)[Si](C)(C)O)[C@H](CCC(C)(C)[Si](C)(C)O)[C@@H]21. The summed E-state index contributed by atoms with van der Waals surface area (Å²) in [5.41, 5.74) is 0.628. The van der Waals surface area contributed by atoms with Gasteiger partial charge in [-0.05, 0) is 85.8 Å². The minimum Gasteiger partial charge on any atom is -0.466 e. The molecule has 0 aromatic carbocycles. The molecule has 7 heteroatoms. The Hall–Kier alpha value is -0.736. The van der Waals surface area contributed by atoms with Crippen LogP contribution >= 0.6 is 0 Å². The molecule has 0 aromatic rings. The van der Waals surface area contributed by atoms with E-state index in [-0.39, 0.29) is 34.2 Å². The van der Waals surface area contributed by atoms with Crippen LogP contribution in [0.15, 0.2) is 23.8 Å². The second kappa shape index (κ2) is 9.05. The molecular weight excluding hydrogens is 448 g/mol. The van der Waals surface area contributed by atoms with Gasteiger partial charge in [0.15, 0.2) is 16.6 Å². The molecule has 188 valence electrons. The van der Waals surface area contributed by atoms with Crippen LogP contribution in [0.4, 0.5) is 0 Å². The Morgan fingerprint density at radius 3 is 2.27 bits per heavy atom. The molecule has 0 aromatic heterocycles. The molecule has 1 heterocycles. The Morgan fingerprint density at radius 2 is 1.73 bits per heavy atom. The minimum absolute atomic E-state index is 0.0749. The maximum absolute atomic E-state index is 12.4. The summed E-state index contributed by atoms with van der Waals surface area (Å²) in [7, 11) is -3.21. The van der Waals surface area contributed by atoms with Crippen molar-refractivity contribution >= 4 is 22.6 Å². The molecule has 0 radical (unpaired) electrons. The van der Waals surface area contributed by atoms with Crippen LogP contribution < -0.4 is 0 Å². The van der Waals surface area contributed by atoms with Crippen molar-refractivity contribution in [3.63, 3.8) is 0 Å². The monoisotopic (exact) mass is 494 g/mol. The Morgan fingerprint density at radius 1 is 1.12 bits per heavy atom. The molecule has 33 heavy (non-hydrogen) atoms. The predicted molar refractivity (Wildman–Crippen MR) is 138 cm³/mol. The third-order valence-corrected chi connectivity index (χ3v) is 16.8. The number of hydrogen-bond donors (Lipinski definition) is 2. The highest BCUT2D eigenvalue weighted by atomic mass is 28.4. The second-order valence-corrected chi connectivity index (χ2v) is 22.0. The van der Waals surface area contributed by atoms with E-state index < -0.39 is 16.6 Å². The zero-order valence-electron chi connectivity index (χ0n) is 22.1. The van der Waals surface area contributed by atoms with Gasteiger partial charge in [0.2, 0.25) is 0 Å². The fourth-order valence-corrected chi connectivity index (χ4v) is 7.49. The highest BCUT2D eigenvalue weighted by Gasteiger charge is 2.57. The van der Waals surface area contributed by atoms with Gasteiger partial charge in [-0.1, -0.05) is 39.8 Å². The fraction of sp³-hybridized carbons (Fsp3) is 0.808. The van der Waals surface area contributed by atoms with Crippen molar-refractivity contribution in [1.29, 1.82) is 0 Å². The number of esters is 1. The predicted octanol–water partition coefficient (Wildman–Crippen LogP) is 5.42. The van der Waals surface area contributed by atoms with E-state index in [4.69, 9.17) is 9.47 Å². The van der Waals surface area contributed by atoms with Gasteiger partial charge < -0.3 is 19.1 Å². The first-order chi connectivity index (χ1) is 15.0. The van der Waals surface area contributed by atoms with E-state index in [1.165, 1.54) is 7.11 Å². The van der Waals surface area contributed by atoms with Gasteiger partial charge >= 0.3 is 5.97 Å². The summed E-state index contributed by atoms with van der Waals surface area (Å²) < 4.78 is 11.6. The van der Waals surface area contributed by atoms with E-state index >= 15 is 0 Å². The number of fused-ring (bicyclic) bond motifs is 3. The molecule has 5 nitrogen and oxygen atoms in total. The average Bonchev–Trinajstić information content (AvgIpc) is 3.19. The quantitative estimate of drug-likeness (QED) is 0.348. The fourth-order valence-electron chi connectivity index (χ4n) is 5.98. The van der Waals surface area contributed by atoms with E-state index in [0.717, 1.165) is 25.7 Å². The van der Waals surface area contributed by atoms with Gasteiger partial charge in [-0.25, -0.2) is 4.79 Å². The van der Waals surface area contributed by atoms with Crippen molar-refractivity contribution < 1.29 is 23.9 Å². The third kappa shape index (κ3) is 5.13. The lowest BCUT2D eigenvalue weighted by Gasteiger charge is -2.41. The van der Waals surface area contributed by atoms with E-state index in [9.17, 15) is 14.4 Å². The highest BCUT2D eigenvalue weighted by molar-refractivity contribution is 6.73. The molecule has 1 saturated heterocycles. The minimum atomic E-state index is -2.33. The Bertz CT molecular complexity index is 802. The highest BCUT2D eigenvalue weighted by Crippen LogP contribution is 2.58. The standard InChI is InChI=1S/C26H46O5Si2/c1-25(2,32(6,7)28)14-13-18-17(16-26(3,4)33(8,9)29)15-21-22(18)19-11-10-12-20(23(19)31-21)24(27)30-5/h10-12,17-19,21-23,28-29H,13-16H2,1-9H3/t17-,18-,19?,21-,22-,23?/m0/s1. The topological polar surface area (TPSA) is 76.0 Å². The summed E-state index contributed by atoms with van der Waals surface area (Å²) in [6.45, 7) is 17.0. The lowest BCUT2D eigenvalue weighted by Crippen LogP contribution is -2.42. The molecule has 2 aliphatic carbocycles. The Kier molecular flexibility index (Phi) is 7.36. The second-order valence-electron chi connectivity index (χ2n) is 13.0. The molecule has 2 fully saturated rings. The van der Waals surface area contributed by atoms with Crippen LogP contribution in [0.2, 0.25) is 36.3 Å². The van der Waals surface area contributed by atoms with Crippen LogP contribution in [0.5, 0.6) is 0 Å². The van der Waals surface area contributed by atoms with Crippen LogP contribution in [-0.4, -0.2) is 51.5 Å². The normalized spacial score (nSPS) is 32.4. The smallest absolute Gasteiger partial charge is 0.336 e. The van der Waals surface area contributed by atoms with E-state index in [0.29, 0.717) is 23.3 Å². The number of rotatable bonds is 8. The third-order valence-electron chi connectivity index (χ3n) is 9.70. The molecule has 1 aliphatic heterocycles. The zero-order valence-corrected chi connectivity index (χ0v) is 24.1. The van der Waals surface area contributed by atoms with Gasteiger partial charge in [0.1, 0.15) is 0 Å². The number of carbonyl (C=O) groups is 1. The van der Waals surface area contributed by atoms with Gasteiger partial charge in [0.05, 0.1) is 24.9 Å².